The van der Waals surface area contributed by atoms with Crippen LogP contribution in [0, 0.1) is 0 Å². The summed E-state index contributed by atoms with van der Waals surface area (Å²) in [5.74, 6) is 0. The summed E-state index contributed by atoms with van der Waals surface area (Å²) in [6.45, 7) is 7.32. The maximum absolute atomic E-state index is 4.78. The summed E-state index contributed by atoms with van der Waals surface area (Å²) in [6.07, 6.45) is 3.67. The summed E-state index contributed by atoms with van der Waals surface area (Å²) < 4.78 is 4.78. The second-order valence-corrected chi connectivity index (χ2v) is 2.05. The van der Waals surface area contributed by atoms with Crippen LogP contribution in [0.4, 0.5) is 0 Å². The Kier molecular flexibility index (Phi) is 20.4. The maximum atomic E-state index is 4.78. The maximum Gasteiger partial charge on any atom is 0.0462 e. The van der Waals surface area contributed by atoms with Crippen LogP contribution >= 0.6 is 0 Å². The van der Waals surface area contributed by atoms with Gasteiger partial charge >= 0.3 is 0 Å². The summed E-state index contributed by atoms with van der Waals surface area (Å²) in [6, 6.07) is 0. The Labute approximate surface area is 59.4 Å². The van der Waals surface area contributed by atoms with E-state index < -0.39 is 0 Å². The van der Waals surface area contributed by atoms with Gasteiger partial charge < -0.3 is 4.74 Å². The topological polar surface area (TPSA) is 9.23 Å². The molecule has 0 bridgehead atoms. The molecule has 0 atom stereocenters. The van der Waals surface area contributed by atoms with Crippen LogP contribution in [-0.2, 0) is 4.74 Å². The van der Waals surface area contributed by atoms with Gasteiger partial charge in [0.2, 0.25) is 0 Å². The molecule has 0 N–H and O–H groups in total. The van der Waals surface area contributed by atoms with Crippen LogP contribution in [-0.4, -0.2) is 13.7 Å². The average Bonchev–Trinajstić information content (AvgIpc) is 1.86. The molecule has 9 heavy (non-hydrogen) atoms. The Bertz CT molecular complexity index is 23.7. The van der Waals surface area contributed by atoms with Gasteiger partial charge in [0.15, 0.2) is 0 Å². The predicted molar refractivity (Wildman–Crippen MR) is 42.7 cm³/mol. The van der Waals surface area contributed by atoms with Crippen LogP contribution in [0.3, 0.4) is 0 Å². The lowest BCUT2D eigenvalue weighted by Gasteiger charge is -1.89. The van der Waals surface area contributed by atoms with Gasteiger partial charge in [-0.2, -0.15) is 0 Å². The normalized spacial score (nSPS) is 8.00. The molecule has 0 aromatic rings. The highest BCUT2D eigenvalue weighted by Gasteiger charge is 1.74. The van der Waals surface area contributed by atoms with Crippen LogP contribution in [0.5, 0.6) is 0 Å². The fourth-order valence-electron chi connectivity index (χ4n) is 0.289. The third-order valence-electron chi connectivity index (χ3n) is 0.702. The van der Waals surface area contributed by atoms with Gasteiger partial charge in [0, 0.05) is 13.7 Å². The Hall–Kier alpha value is -0.0400. The molecule has 0 aromatic heterocycles. The minimum atomic E-state index is 0.913. The van der Waals surface area contributed by atoms with Crippen LogP contribution < -0.4 is 0 Å². The number of rotatable bonds is 3. The molecular formula is C8H20O. The van der Waals surface area contributed by atoms with Crippen molar-refractivity contribution in [3.8, 4) is 0 Å². The van der Waals surface area contributed by atoms with E-state index in [2.05, 4.69) is 20.8 Å². The van der Waals surface area contributed by atoms with E-state index >= 15 is 0 Å². The van der Waals surface area contributed by atoms with Gasteiger partial charge in [-0.3, -0.25) is 0 Å². The van der Waals surface area contributed by atoms with Crippen molar-refractivity contribution in [2.45, 2.75) is 40.0 Å². The van der Waals surface area contributed by atoms with E-state index in [1.54, 1.807) is 7.11 Å². The minimum absolute atomic E-state index is 0.913. The molecular weight excluding hydrogens is 112 g/mol. The number of ether oxygens (including phenoxy) is 1. The first-order valence-electron chi connectivity index (χ1n) is 3.82. The second kappa shape index (κ2) is 15.7. The third-order valence-corrected chi connectivity index (χ3v) is 0.702. The lowest BCUT2D eigenvalue weighted by Crippen LogP contribution is -1.84. The molecule has 0 spiro atoms. The van der Waals surface area contributed by atoms with Crippen LogP contribution in [0.1, 0.15) is 40.0 Å². The van der Waals surface area contributed by atoms with E-state index in [-0.39, 0.29) is 0 Å². The number of hydrogen-bond acceptors (Lipinski definition) is 1. The Morgan fingerprint density at radius 1 is 1.11 bits per heavy atom. The summed E-state index contributed by atoms with van der Waals surface area (Å²) in [7, 11) is 1.73. The molecule has 1 nitrogen and oxygen atoms in total. The van der Waals surface area contributed by atoms with Crippen molar-refractivity contribution in [2.75, 3.05) is 13.7 Å². The molecule has 0 heterocycles. The second-order valence-electron chi connectivity index (χ2n) is 2.05. The van der Waals surface area contributed by atoms with E-state index in [1.807, 2.05) is 0 Å². The standard InChI is InChI=1S/C5H12O.C3H8/c1-3-4-5-6-2;1-3-2/h3-5H2,1-2H3;3H2,1-2H3. The molecule has 0 fully saturated rings. The smallest absolute Gasteiger partial charge is 0.0462 e. The summed E-state index contributed by atoms with van der Waals surface area (Å²) in [5, 5.41) is 0. The molecule has 0 unspecified atom stereocenters. The molecule has 1 heteroatoms. The fourth-order valence-corrected chi connectivity index (χ4v) is 0.289. The number of hydrogen-bond donors (Lipinski definition) is 0. The van der Waals surface area contributed by atoms with Crippen LogP contribution in [0.25, 0.3) is 0 Å². The van der Waals surface area contributed by atoms with Gasteiger partial charge in [0.1, 0.15) is 0 Å². The van der Waals surface area contributed by atoms with Crippen molar-refractivity contribution in [3.05, 3.63) is 0 Å². The first-order chi connectivity index (χ1) is 4.33. The lowest BCUT2D eigenvalue weighted by molar-refractivity contribution is 0.194. The molecule has 0 amide bonds. The van der Waals surface area contributed by atoms with E-state index in [0.29, 0.717) is 0 Å². The van der Waals surface area contributed by atoms with Crippen LogP contribution in [0.2, 0.25) is 0 Å². The van der Waals surface area contributed by atoms with Gasteiger partial charge in [-0.1, -0.05) is 33.6 Å². The predicted octanol–water partition coefficient (Wildman–Crippen LogP) is 2.85. The van der Waals surface area contributed by atoms with Crippen molar-refractivity contribution >= 4 is 0 Å². The summed E-state index contributed by atoms with van der Waals surface area (Å²) in [4.78, 5) is 0. The molecule has 0 radical (unpaired) electrons. The zero-order chi connectivity index (χ0) is 7.54. The van der Waals surface area contributed by atoms with E-state index in [1.165, 1.54) is 19.3 Å². The monoisotopic (exact) mass is 132 g/mol. The SMILES string of the molecule is CCC.CCCCOC. The minimum Gasteiger partial charge on any atom is -0.385 e. The first kappa shape index (κ1) is 11.7. The third kappa shape index (κ3) is 32.3. The Morgan fingerprint density at radius 2 is 1.56 bits per heavy atom. The lowest BCUT2D eigenvalue weighted by atomic mass is 10.4. The summed E-state index contributed by atoms with van der Waals surface area (Å²) in [5.41, 5.74) is 0. The first-order valence-corrected chi connectivity index (χ1v) is 3.82. The molecule has 0 saturated heterocycles. The van der Waals surface area contributed by atoms with Gasteiger partial charge in [0.25, 0.3) is 0 Å². The zero-order valence-corrected chi connectivity index (χ0v) is 7.24. The van der Waals surface area contributed by atoms with Crippen molar-refractivity contribution < 1.29 is 4.74 Å². The molecule has 0 aliphatic carbocycles. The van der Waals surface area contributed by atoms with E-state index in [9.17, 15) is 0 Å². The van der Waals surface area contributed by atoms with Gasteiger partial charge in [0.05, 0.1) is 0 Å². The molecule has 0 saturated carbocycles. The highest BCUT2D eigenvalue weighted by Crippen LogP contribution is 1.83. The molecule has 0 aromatic carbocycles. The number of methoxy groups -OCH3 is 1. The van der Waals surface area contributed by atoms with E-state index in [4.69, 9.17) is 4.74 Å². The summed E-state index contributed by atoms with van der Waals surface area (Å²) >= 11 is 0. The quantitative estimate of drug-likeness (QED) is 0.536. The fraction of sp³-hybridized carbons (Fsp3) is 1.00. The highest BCUT2D eigenvalue weighted by atomic mass is 16.5. The van der Waals surface area contributed by atoms with Crippen molar-refractivity contribution in [1.29, 1.82) is 0 Å². The van der Waals surface area contributed by atoms with Crippen molar-refractivity contribution in [1.82, 2.24) is 0 Å². The number of unbranched alkanes of at least 4 members (excludes halogenated alkanes) is 1. The van der Waals surface area contributed by atoms with Crippen LogP contribution in [0.15, 0.2) is 0 Å². The average molecular weight is 132 g/mol. The van der Waals surface area contributed by atoms with Gasteiger partial charge in [-0.15, -0.1) is 0 Å². The largest absolute Gasteiger partial charge is 0.385 e. The Morgan fingerprint density at radius 3 is 1.67 bits per heavy atom. The van der Waals surface area contributed by atoms with Crippen molar-refractivity contribution in [3.63, 3.8) is 0 Å². The van der Waals surface area contributed by atoms with Gasteiger partial charge in [-0.25, -0.2) is 0 Å². The molecule has 58 valence electrons. The molecule has 0 rings (SSSR count). The van der Waals surface area contributed by atoms with Crippen molar-refractivity contribution in [2.24, 2.45) is 0 Å². The molecule has 0 aliphatic heterocycles. The zero-order valence-electron chi connectivity index (χ0n) is 7.24. The van der Waals surface area contributed by atoms with E-state index in [0.717, 1.165) is 6.61 Å². The molecule has 0 aliphatic rings. The highest BCUT2D eigenvalue weighted by molar-refractivity contribution is 4.26. The van der Waals surface area contributed by atoms with Gasteiger partial charge in [-0.05, 0) is 6.42 Å². The Balaban J connectivity index is 0.